The summed E-state index contributed by atoms with van der Waals surface area (Å²) < 4.78 is 11.5. The van der Waals surface area contributed by atoms with Crippen LogP contribution in [0, 0.1) is 13.8 Å². The van der Waals surface area contributed by atoms with Crippen molar-refractivity contribution < 1.29 is 9.47 Å². The molecule has 24 heavy (non-hydrogen) atoms. The van der Waals surface area contributed by atoms with Gasteiger partial charge in [-0.15, -0.1) is 0 Å². The van der Waals surface area contributed by atoms with Crippen molar-refractivity contribution in [2.75, 3.05) is 14.2 Å². The number of rotatable bonds is 4. The molecule has 0 fully saturated rings. The molecule has 3 aromatic rings. The zero-order valence-electron chi connectivity index (χ0n) is 14.2. The smallest absolute Gasteiger partial charge is 0.133 e. The van der Waals surface area contributed by atoms with E-state index in [0.29, 0.717) is 0 Å². The number of hydrogen-bond donors (Lipinski definition) is 1. The molecular weight excluding hydrogens is 366 g/mol. The van der Waals surface area contributed by atoms with Gasteiger partial charge in [0.25, 0.3) is 0 Å². The summed E-state index contributed by atoms with van der Waals surface area (Å²) in [5.74, 6) is 1.69. The lowest BCUT2D eigenvalue weighted by Gasteiger charge is -2.06. The monoisotopic (exact) mass is 385 g/mol. The summed E-state index contributed by atoms with van der Waals surface area (Å²) in [4.78, 5) is 3.58. The van der Waals surface area contributed by atoms with Gasteiger partial charge >= 0.3 is 0 Å². The third-order valence-corrected chi connectivity index (χ3v) is 5.00. The van der Waals surface area contributed by atoms with Crippen LogP contribution in [0.15, 0.2) is 46.9 Å². The fourth-order valence-corrected chi connectivity index (χ4v) is 3.39. The van der Waals surface area contributed by atoms with Crippen LogP contribution in [0.5, 0.6) is 11.5 Å². The molecule has 0 aliphatic rings. The first-order valence-electron chi connectivity index (χ1n) is 7.72. The summed E-state index contributed by atoms with van der Waals surface area (Å²) in [6.07, 6.45) is 0. The molecular formula is C20H20BrNO2. The molecule has 0 saturated carbocycles. The predicted molar refractivity (Wildman–Crippen MR) is 102 cm³/mol. The average molecular weight is 386 g/mol. The number of H-pyrrole nitrogens is 1. The molecule has 0 atom stereocenters. The predicted octanol–water partition coefficient (Wildman–Crippen LogP) is 5.75. The minimum atomic E-state index is 0.829. The highest BCUT2D eigenvalue weighted by Gasteiger charge is 2.14. The Bertz CT molecular complexity index is 866. The van der Waals surface area contributed by atoms with Crippen LogP contribution < -0.4 is 9.47 Å². The van der Waals surface area contributed by atoms with Crippen LogP contribution in [0.25, 0.3) is 22.5 Å². The van der Waals surface area contributed by atoms with Crippen LogP contribution in [0.3, 0.4) is 0 Å². The first kappa shape index (κ1) is 16.7. The van der Waals surface area contributed by atoms with E-state index in [4.69, 9.17) is 9.47 Å². The number of methoxy groups -OCH3 is 2. The van der Waals surface area contributed by atoms with Crippen molar-refractivity contribution in [2.45, 2.75) is 13.8 Å². The molecule has 2 aromatic carbocycles. The Morgan fingerprint density at radius 2 is 1.38 bits per heavy atom. The molecule has 124 valence electrons. The van der Waals surface area contributed by atoms with E-state index in [2.05, 4.69) is 59.0 Å². The molecule has 1 aromatic heterocycles. The lowest BCUT2D eigenvalue weighted by molar-refractivity contribution is 0.412. The van der Waals surface area contributed by atoms with E-state index in [-0.39, 0.29) is 0 Å². The minimum absolute atomic E-state index is 0.829. The summed E-state index contributed by atoms with van der Waals surface area (Å²) in [6.45, 7) is 4.29. The molecule has 3 nitrogen and oxygen atoms in total. The summed E-state index contributed by atoms with van der Waals surface area (Å²) >= 11 is 3.56. The van der Waals surface area contributed by atoms with Gasteiger partial charge in [-0.2, -0.15) is 0 Å². The Balaban J connectivity index is 2.06. The van der Waals surface area contributed by atoms with Crippen LogP contribution in [0.4, 0.5) is 0 Å². The standard InChI is InChI=1S/C20H20BrNO2/c1-12-13(2)20(15-7-10-18(24-4)17(21)11-15)22-19(12)14-5-8-16(23-3)9-6-14/h5-11,22H,1-4H3. The summed E-state index contributed by atoms with van der Waals surface area (Å²) in [6, 6.07) is 14.2. The van der Waals surface area contributed by atoms with Crippen molar-refractivity contribution in [3.8, 4) is 34.0 Å². The summed E-state index contributed by atoms with van der Waals surface area (Å²) in [5.41, 5.74) is 7.04. The van der Waals surface area contributed by atoms with E-state index < -0.39 is 0 Å². The summed E-state index contributed by atoms with van der Waals surface area (Å²) in [7, 11) is 3.35. The maximum atomic E-state index is 5.32. The van der Waals surface area contributed by atoms with E-state index in [9.17, 15) is 0 Å². The minimum Gasteiger partial charge on any atom is -0.497 e. The number of benzene rings is 2. The Morgan fingerprint density at radius 1 is 0.792 bits per heavy atom. The van der Waals surface area contributed by atoms with Crippen molar-refractivity contribution in [1.82, 2.24) is 4.98 Å². The van der Waals surface area contributed by atoms with Crippen molar-refractivity contribution in [2.24, 2.45) is 0 Å². The number of hydrogen-bond acceptors (Lipinski definition) is 2. The number of aromatic amines is 1. The fourth-order valence-electron chi connectivity index (χ4n) is 2.84. The maximum Gasteiger partial charge on any atom is 0.133 e. The van der Waals surface area contributed by atoms with E-state index in [1.165, 1.54) is 11.1 Å². The molecule has 0 bridgehead atoms. The third kappa shape index (κ3) is 2.94. The highest BCUT2D eigenvalue weighted by molar-refractivity contribution is 9.10. The lowest BCUT2D eigenvalue weighted by atomic mass is 10.0. The molecule has 1 heterocycles. The second kappa shape index (κ2) is 6.73. The molecule has 0 saturated heterocycles. The quantitative estimate of drug-likeness (QED) is 0.620. The molecule has 0 spiro atoms. The van der Waals surface area contributed by atoms with Gasteiger partial charge in [-0.1, -0.05) is 0 Å². The summed E-state index contributed by atoms with van der Waals surface area (Å²) in [5, 5.41) is 0. The molecule has 0 unspecified atom stereocenters. The molecule has 3 rings (SSSR count). The third-order valence-electron chi connectivity index (χ3n) is 4.38. The van der Waals surface area contributed by atoms with Crippen LogP contribution in [0.2, 0.25) is 0 Å². The van der Waals surface area contributed by atoms with Crippen molar-refractivity contribution >= 4 is 15.9 Å². The highest BCUT2D eigenvalue weighted by atomic mass is 79.9. The van der Waals surface area contributed by atoms with Gasteiger partial charge in [0.1, 0.15) is 11.5 Å². The fraction of sp³-hybridized carbons (Fsp3) is 0.200. The van der Waals surface area contributed by atoms with Gasteiger partial charge in [0.05, 0.1) is 18.7 Å². The van der Waals surface area contributed by atoms with Crippen LogP contribution >= 0.6 is 15.9 Å². The van der Waals surface area contributed by atoms with Gasteiger partial charge < -0.3 is 14.5 Å². The van der Waals surface area contributed by atoms with Crippen LogP contribution in [0.1, 0.15) is 11.1 Å². The van der Waals surface area contributed by atoms with Gasteiger partial charge in [0.2, 0.25) is 0 Å². The Kier molecular flexibility index (Phi) is 4.67. The Labute approximate surface area is 150 Å². The van der Waals surface area contributed by atoms with Gasteiger partial charge in [-0.25, -0.2) is 0 Å². The van der Waals surface area contributed by atoms with Crippen LogP contribution in [-0.4, -0.2) is 19.2 Å². The molecule has 0 aliphatic carbocycles. The van der Waals surface area contributed by atoms with Gasteiger partial charge in [0, 0.05) is 11.4 Å². The van der Waals surface area contributed by atoms with E-state index in [0.717, 1.165) is 38.5 Å². The van der Waals surface area contributed by atoms with E-state index in [1.807, 2.05) is 18.2 Å². The number of halogens is 1. The molecule has 0 amide bonds. The average Bonchev–Trinajstić information content (AvgIpc) is 2.90. The Hall–Kier alpha value is -2.20. The van der Waals surface area contributed by atoms with Gasteiger partial charge in [-0.3, -0.25) is 0 Å². The van der Waals surface area contributed by atoms with Gasteiger partial charge in [-0.05, 0) is 94.5 Å². The zero-order chi connectivity index (χ0) is 17.3. The SMILES string of the molecule is COc1ccc(-c2[nH]c(-c3ccc(OC)c(Br)c3)c(C)c2C)cc1. The van der Waals surface area contributed by atoms with Crippen LogP contribution in [-0.2, 0) is 0 Å². The van der Waals surface area contributed by atoms with E-state index >= 15 is 0 Å². The lowest BCUT2D eigenvalue weighted by Crippen LogP contribution is -1.87. The molecule has 1 N–H and O–H groups in total. The highest BCUT2D eigenvalue weighted by Crippen LogP contribution is 2.36. The van der Waals surface area contributed by atoms with Crippen molar-refractivity contribution in [3.63, 3.8) is 0 Å². The number of ether oxygens (including phenoxy) is 2. The molecule has 0 aliphatic heterocycles. The normalized spacial score (nSPS) is 10.7. The maximum absolute atomic E-state index is 5.32. The van der Waals surface area contributed by atoms with Crippen molar-refractivity contribution in [1.29, 1.82) is 0 Å². The Morgan fingerprint density at radius 3 is 1.92 bits per heavy atom. The molecule has 0 radical (unpaired) electrons. The zero-order valence-corrected chi connectivity index (χ0v) is 15.8. The topological polar surface area (TPSA) is 34.2 Å². The first-order valence-corrected chi connectivity index (χ1v) is 8.52. The van der Waals surface area contributed by atoms with Gasteiger partial charge in [0.15, 0.2) is 0 Å². The number of aromatic nitrogens is 1. The second-order valence-electron chi connectivity index (χ2n) is 5.70. The van der Waals surface area contributed by atoms with E-state index in [1.54, 1.807) is 14.2 Å². The van der Waals surface area contributed by atoms with Crippen molar-refractivity contribution in [3.05, 3.63) is 58.1 Å². The second-order valence-corrected chi connectivity index (χ2v) is 6.56. The molecule has 4 heteroatoms. The number of nitrogens with one attached hydrogen (secondary N) is 1. The largest absolute Gasteiger partial charge is 0.497 e. The first-order chi connectivity index (χ1) is 11.5.